The van der Waals surface area contributed by atoms with Gasteiger partial charge in [-0.3, -0.25) is 4.55 Å². The fourth-order valence-corrected chi connectivity index (χ4v) is 5.60. The summed E-state index contributed by atoms with van der Waals surface area (Å²) in [6.07, 6.45) is 0.491. The summed E-state index contributed by atoms with van der Waals surface area (Å²) in [6.45, 7) is 0. The Morgan fingerprint density at radius 3 is 1.66 bits per heavy atom. The maximum Gasteiger partial charge on any atom is 0.295 e. The molecular formula is C33H24N4O3S. The molecule has 0 saturated carbocycles. The Labute approximate surface area is 237 Å². The van der Waals surface area contributed by atoms with Crippen LogP contribution in [0.3, 0.4) is 0 Å². The lowest BCUT2D eigenvalue weighted by Crippen LogP contribution is -2.01. The third-order valence-corrected chi connectivity index (χ3v) is 7.65. The van der Waals surface area contributed by atoms with Gasteiger partial charge < -0.3 is 0 Å². The van der Waals surface area contributed by atoms with Gasteiger partial charge in [0.05, 0.1) is 22.7 Å². The van der Waals surface area contributed by atoms with Crippen molar-refractivity contribution in [3.63, 3.8) is 0 Å². The van der Waals surface area contributed by atoms with Crippen LogP contribution < -0.4 is 0 Å². The van der Waals surface area contributed by atoms with E-state index in [1.165, 1.54) is 6.07 Å². The van der Waals surface area contributed by atoms with E-state index in [2.05, 4.69) is 20.5 Å². The number of fused-ring (bicyclic) bond motifs is 2. The van der Waals surface area contributed by atoms with E-state index < -0.39 is 10.1 Å². The fourth-order valence-electron chi connectivity index (χ4n) is 4.85. The van der Waals surface area contributed by atoms with Gasteiger partial charge in [-0.2, -0.15) is 13.5 Å². The van der Waals surface area contributed by atoms with Crippen LogP contribution in [0.1, 0.15) is 11.1 Å². The van der Waals surface area contributed by atoms with Crippen LogP contribution in [0, 0.1) is 0 Å². The van der Waals surface area contributed by atoms with E-state index in [1.807, 2.05) is 109 Å². The lowest BCUT2D eigenvalue weighted by molar-refractivity contribution is 0.484. The minimum atomic E-state index is -4.48. The first-order valence-electron chi connectivity index (χ1n) is 12.9. The average Bonchev–Trinajstić information content (AvgIpc) is 3.00. The SMILES string of the molecule is O=S(=O)(O)c1cccc2c(N=Nc3ccc(N=Nc4ccccc4)c4ccccc34)ccc(Cc3ccccc3)c12. The molecule has 6 aromatic rings. The molecule has 0 heterocycles. The van der Waals surface area contributed by atoms with E-state index >= 15 is 0 Å². The van der Waals surface area contributed by atoms with Crippen molar-refractivity contribution < 1.29 is 13.0 Å². The second-order valence-corrected chi connectivity index (χ2v) is 10.8. The highest BCUT2D eigenvalue weighted by atomic mass is 32.2. The zero-order valence-corrected chi connectivity index (χ0v) is 22.6. The maximum absolute atomic E-state index is 12.3. The number of hydrogen-bond donors (Lipinski definition) is 1. The molecule has 7 nitrogen and oxygen atoms in total. The highest BCUT2D eigenvalue weighted by molar-refractivity contribution is 7.86. The summed E-state index contributed by atoms with van der Waals surface area (Å²) in [7, 11) is -4.48. The molecule has 0 atom stereocenters. The molecule has 0 aliphatic carbocycles. The van der Waals surface area contributed by atoms with Crippen molar-refractivity contribution in [2.75, 3.05) is 0 Å². The molecule has 0 aromatic heterocycles. The van der Waals surface area contributed by atoms with Crippen LogP contribution >= 0.6 is 0 Å². The van der Waals surface area contributed by atoms with Crippen LogP contribution in [0.5, 0.6) is 0 Å². The molecule has 1 N–H and O–H groups in total. The van der Waals surface area contributed by atoms with E-state index in [0.717, 1.165) is 27.6 Å². The Bertz CT molecular complexity index is 2040. The van der Waals surface area contributed by atoms with Crippen molar-refractivity contribution >= 4 is 54.4 Å². The van der Waals surface area contributed by atoms with Gasteiger partial charge in [-0.05, 0) is 53.9 Å². The largest absolute Gasteiger partial charge is 0.295 e. The molecule has 0 amide bonds. The molecule has 6 rings (SSSR count). The number of nitrogens with zero attached hydrogens (tertiary/aromatic N) is 4. The Kier molecular flexibility index (Phi) is 7.16. The lowest BCUT2D eigenvalue weighted by atomic mass is 9.97. The molecule has 0 saturated heterocycles. The second kappa shape index (κ2) is 11.2. The van der Waals surface area contributed by atoms with Crippen LogP contribution in [-0.4, -0.2) is 13.0 Å². The highest BCUT2D eigenvalue weighted by Gasteiger charge is 2.19. The predicted octanol–water partition coefficient (Wildman–Crippen LogP) is 9.66. The smallest absolute Gasteiger partial charge is 0.282 e. The van der Waals surface area contributed by atoms with E-state index in [0.29, 0.717) is 34.3 Å². The van der Waals surface area contributed by atoms with E-state index in [-0.39, 0.29) is 4.90 Å². The van der Waals surface area contributed by atoms with Crippen molar-refractivity contribution in [3.05, 3.63) is 139 Å². The van der Waals surface area contributed by atoms with Crippen LogP contribution in [-0.2, 0) is 16.5 Å². The summed E-state index contributed by atoms with van der Waals surface area (Å²) in [5.74, 6) is 0. The first-order chi connectivity index (χ1) is 20.0. The third kappa shape index (κ3) is 5.65. The van der Waals surface area contributed by atoms with Gasteiger partial charge in [0.15, 0.2) is 0 Å². The van der Waals surface area contributed by atoms with E-state index in [1.54, 1.807) is 12.1 Å². The number of hydrogen-bond acceptors (Lipinski definition) is 6. The molecule has 41 heavy (non-hydrogen) atoms. The third-order valence-electron chi connectivity index (χ3n) is 6.75. The van der Waals surface area contributed by atoms with Gasteiger partial charge in [0.25, 0.3) is 10.1 Å². The van der Waals surface area contributed by atoms with Crippen molar-refractivity contribution in [2.24, 2.45) is 20.5 Å². The molecule has 0 unspecified atom stereocenters. The van der Waals surface area contributed by atoms with Crippen molar-refractivity contribution in [3.8, 4) is 0 Å². The highest BCUT2D eigenvalue weighted by Crippen LogP contribution is 2.38. The Morgan fingerprint density at radius 2 is 1.02 bits per heavy atom. The predicted molar refractivity (Wildman–Crippen MR) is 162 cm³/mol. The van der Waals surface area contributed by atoms with Crippen molar-refractivity contribution in [2.45, 2.75) is 11.3 Å². The van der Waals surface area contributed by atoms with Gasteiger partial charge in [-0.25, -0.2) is 0 Å². The summed E-state index contributed by atoms with van der Waals surface area (Å²) in [4.78, 5) is -0.156. The van der Waals surface area contributed by atoms with Crippen LogP contribution in [0.25, 0.3) is 21.5 Å². The topological polar surface area (TPSA) is 104 Å². The molecule has 200 valence electrons. The molecule has 0 bridgehead atoms. The normalized spacial score (nSPS) is 12.1. The molecule has 0 radical (unpaired) electrons. The fraction of sp³-hybridized carbons (Fsp3) is 0.0303. The molecule has 6 aromatic carbocycles. The van der Waals surface area contributed by atoms with Gasteiger partial charge in [0.1, 0.15) is 4.90 Å². The summed E-state index contributed by atoms with van der Waals surface area (Å²) in [5.41, 5.74) is 4.36. The average molecular weight is 557 g/mol. The summed E-state index contributed by atoms with van der Waals surface area (Å²) in [6, 6.07) is 39.2. The monoisotopic (exact) mass is 556 g/mol. The minimum absolute atomic E-state index is 0.156. The molecule has 0 fully saturated rings. The first kappa shape index (κ1) is 26.2. The van der Waals surface area contributed by atoms with Gasteiger partial charge >= 0.3 is 0 Å². The second-order valence-electron chi connectivity index (χ2n) is 9.44. The molecule has 8 heteroatoms. The van der Waals surface area contributed by atoms with Crippen LogP contribution in [0.4, 0.5) is 22.7 Å². The van der Waals surface area contributed by atoms with Gasteiger partial charge in [0, 0.05) is 21.5 Å². The van der Waals surface area contributed by atoms with E-state index in [4.69, 9.17) is 0 Å². The summed E-state index contributed by atoms with van der Waals surface area (Å²) >= 11 is 0. The molecule has 0 spiro atoms. The lowest BCUT2D eigenvalue weighted by Gasteiger charge is -2.12. The zero-order valence-electron chi connectivity index (χ0n) is 21.8. The quantitative estimate of drug-likeness (QED) is 0.156. The molecular weight excluding hydrogens is 532 g/mol. The first-order valence-corrected chi connectivity index (χ1v) is 14.4. The van der Waals surface area contributed by atoms with Crippen molar-refractivity contribution in [1.82, 2.24) is 0 Å². The number of rotatable bonds is 7. The number of benzene rings is 6. The Balaban J connectivity index is 1.43. The summed E-state index contributed by atoms with van der Waals surface area (Å²) < 4.78 is 34.7. The zero-order chi connectivity index (χ0) is 28.2. The van der Waals surface area contributed by atoms with Crippen LogP contribution in [0.2, 0.25) is 0 Å². The Morgan fingerprint density at radius 1 is 0.512 bits per heavy atom. The Hall–Kier alpha value is -5.05. The standard InChI is InChI=1S/C33H24N4O3S/c38-41(39,40)32-17-9-16-28-31(19-18-24(33(28)32)22-23-10-3-1-4-11-23)37-36-30-21-20-29(26-14-7-8-15-27(26)30)35-34-25-12-5-2-6-13-25/h1-21H,22H2,(H,38,39,40). The molecule has 0 aliphatic rings. The minimum Gasteiger partial charge on any atom is -0.282 e. The van der Waals surface area contributed by atoms with Crippen molar-refractivity contribution in [1.29, 1.82) is 0 Å². The van der Waals surface area contributed by atoms with Gasteiger partial charge in [0.2, 0.25) is 0 Å². The van der Waals surface area contributed by atoms with E-state index in [9.17, 15) is 13.0 Å². The number of azo groups is 2. The maximum atomic E-state index is 12.3. The van der Waals surface area contributed by atoms with Gasteiger partial charge in [-0.1, -0.05) is 91.0 Å². The molecule has 0 aliphatic heterocycles. The van der Waals surface area contributed by atoms with Gasteiger partial charge in [-0.15, -0.1) is 15.3 Å². The summed E-state index contributed by atoms with van der Waals surface area (Å²) in [5, 5.41) is 20.6. The van der Waals surface area contributed by atoms with Crippen LogP contribution in [0.15, 0.2) is 153 Å².